The zero-order valence-electron chi connectivity index (χ0n) is 14.2. The van der Waals surface area contributed by atoms with Crippen LogP contribution in [0, 0.1) is 11.6 Å². The predicted molar refractivity (Wildman–Crippen MR) is 102 cm³/mol. The Morgan fingerprint density at radius 2 is 1.66 bits per heavy atom. The summed E-state index contributed by atoms with van der Waals surface area (Å²) in [6.07, 6.45) is -3.29. The number of halogens is 7. The predicted octanol–water partition coefficient (Wildman–Crippen LogP) is 5.76. The fourth-order valence-electron chi connectivity index (χ4n) is 2.56. The summed E-state index contributed by atoms with van der Waals surface area (Å²) in [5.41, 5.74) is -2.20. The van der Waals surface area contributed by atoms with Crippen LogP contribution in [-0.4, -0.2) is 24.5 Å². The number of hydrogen-bond acceptors (Lipinski definition) is 3. The highest BCUT2D eigenvalue weighted by Crippen LogP contribution is 2.39. The van der Waals surface area contributed by atoms with E-state index < -0.39 is 43.9 Å². The second kappa shape index (κ2) is 7.47. The summed E-state index contributed by atoms with van der Waals surface area (Å²) in [5, 5.41) is 3.38. The molecule has 0 radical (unpaired) electrons. The Morgan fingerprint density at radius 1 is 1.00 bits per heavy atom. The highest BCUT2D eigenvalue weighted by atomic mass is 79.9. The van der Waals surface area contributed by atoms with Gasteiger partial charge in [0.25, 0.3) is 0 Å². The van der Waals surface area contributed by atoms with Gasteiger partial charge in [0.2, 0.25) is 0 Å². The lowest BCUT2D eigenvalue weighted by atomic mass is 10.1. The van der Waals surface area contributed by atoms with Crippen LogP contribution in [0.1, 0.15) is 5.69 Å². The van der Waals surface area contributed by atoms with Crippen LogP contribution in [0.25, 0.3) is 16.8 Å². The number of rotatable bonds is 3. The van der Waals surface area contributed by atoms with Gasteiger partial charge < -0.3 is 0 Å². The van der Waals surface area contributed by atoms with Gasteiger partial charge in [-0.05, 0) is 55.6 Å². The first-order chi connectivity index (χ1) is 13.3. The average Bonchev–Trinajstić information content (AvgIpc) is 3.03. The molecule has 3 rings (SSSR count). The maximum absolute atomic E-state index is 14.4. The van der Waals surface area contributed by atoms with Crippen LogP contribution in [-0.2, 0) is 16.0 Å². The summed E-state index contributed by atoms with van der Waals surface area (Å²) in [6.45, 7) is 0. The lowest BCUT2D eigenvalue weighted by molar-refractivity contribution is -0.140. The molecule has 12 heteroatoms. The van der Waals surface area contributed by atoms with Crippen LogP contribution in [0.15, 0.2) is 50.4 Å². The Kier molecular flexibility index (Phi) is 5.65. The minimum atomic E-state index is -4.87. The number of aromatic nitrogens is 2. The molecular formula is C17H9Br2F5N2O2S. The van der Waals surface area contributed by atoms with E-state index in [9.17, 15) is 30.4 Å². The van der Waals surface area contributed by atoms with E-state index in [1.807, 2.05) is 0 Å². The Morgan fingerprint density at radius 3 is 2.21 bits per heavy atom. The van der Waals surface area contributed by atoms with Crippen molar-refractivity contribution in [3.63, 3.8) is 0 Å². The molecule has 0 amide bonds. The van der Waals surface area contributed by atoms with Crippen molar-refractivity contribution in [3.8, 4) is 16.8 Å². The minimum absolute atomic E-state index is 0.132. The van der Waals surface area contributed by atoms with E-state index in [2.05, 4.69) is 37.0 Å². The van der Waals surface area contributed by atoms with Gasteiger partial charge in [-0.1, -0.05) is 6.07 Å². The summed E-state index contributed by atoms with van der Waals surface area (Å²) in [7, 11) is -4.07. The summed E-state index contributed by atoms with van der Waals surface area (Å²) < 4.78 is 93.7. The number of sulfone groups is 1. The monoisotopic (exact) mass is 558 g/mol. The largest absolute Gasteiger partial charge is 0.435 e. The summed E-state index contributed by atoms with van der Waals surface area (Å²) in [4.78, 5) is -0.904. The first-order valence-electron chi connectivity index (χ1n) is 7.61. The molecule has 29 heavy (non-hydrogen) atoms. The van der Waals surface area contributed by atoms with Gasteiger partial charge in [0.15, 0.2) is 15.5 Å². The maximum atomic E-state index is 14.4. The van der Waals surface area contributed by atoms with Crippen LogP contribution >= 0.6 is 31.9 Å². The van der Waals surface area contributed by atoms with Crippen molar-refractivity contribution in [2.24, 2.45) is 0 Å². The molecule has 4 nitrogen and oxygen atoms in total. The lowest BCUT2D eigenvalue weighted by Crippen LogP contribution is -2.10. The Bertz CT molecular complexity index is 1220. The standard InChI is InChI=1S/C17H9Br2F5N2O2S/c1-29(27,28)15-6-12(20)14(5-13(15)21)26-7-9(16(25-26)17(22,23)24)8-2-3-10(18)11(19)4-8/h2-7H,1H3. The molecule has 1 aromatic heterocycles. The Hall–Kier alpha value is -1.79. The first-order valence-corrected chi connectivity index (χ1v) is 11.1. The zero-order chi connectivity index (χ0) is 21.7. The Balaban J connectivity index is 2.24. The molecule has 1 heterocycles. The molecule has 0 spiro atoms. The summed E-state index contributed by atoms with van der Waals surface area (Å²) in [6, 6.07) is 5.21. The minimum Gasteiger partial charge on any atom is -0.237 e. The molecule has 0 aliphatic rings. The van der Waals surface area contributed by atoms with Gasteiger partial charge in [-0.15, -0.1) is 0 Å². The lowest BCUT2D eigenvalue weighted by Gasteiger charge is -2.07. The van der Waals surface area contributed by atoms with Gasteiger partial charge in [-0.2, -0.15) is 18.3 Å². The topological polar surface area (TPSA) is 52.0 Å². The molecule has 0 unspecified atom stereocenters. The van der Waals surface area contributed by atoms with Crippen LogP contribution in [0.5, 0.6) is 0 Å². The summed E-state index contributed by atoms with van der Waals surface area (Å²) >= 11 is 6.41. The molecule has 0 saturated carbocycles. The van der Waals surface area contributed by atoms with Crippen molar-refractivity contribution in [2.45, 2.75) is 11.1 Å². The maximum Gasteiger partial charge on any atom is 0.435 e. The number of nitrogens with zero attached hydrogens (tertiary/aromatic N) is 2. The van der Waals surface area contributed by atoms with E-state index >= 15 is 0 Å². The van der Waals surface area contributed by atoms with Crippen LogP contribution in [0.3, 0.4) is 0 Å². The summed E-state index contributed by atoms with van der Waals surface area (Å²) in [5.74, 6) is -2.55. The zero-order valence-corrected chi connectivity index (χ0v) is 18.2. The third kappa shape index (κ3) is 4.38. The SMILES string of the molecule is CS(=O)(=O)c1cc(F)c(-n2cc(-c3ccc(Br)c(Br)c3)c(C(F)(F)F)n2)cc1F. The number of hydrogen-bond donors (Lipinski definition) is 0. The third-order valence-corrected chi connectivity index (χ3v) is 6.85. The van der Waals surface area contributed by atoms with E-state index in [1.165, 1.54) is 18.2 Å². The fraction of sp³-hybridized carbons (Fsp3) is 0.118. The van der Waals surface area contributed by atoms with Gasteiger partial charge in [0.05, 0.1) is 0 Å². The average molecular weight is 560 g/mol. The molecule has 3 aromatic rings. The normalized spacial score (nSPS) is 12.4. The smallest absolute Gasteiger partial charge is 0.237 e. The molecule has 0 aliphatic carbocycles. The van der Waals surface area contributed by atoms with E-state index in [4.69, 9.17) is 0 Å². The molecule has 0 saturated heterocycles. The molecule has 0 bridgehead atoms. The van der Waals surface area contributed by atoms with Crippen molar-refractivity contribution in [3.05, 3.63) is 62.8 Å². The van der Waals surface area contributed by atoms with Gasteiger partial charge >= 0.3 is 6.18 Å². The van der Waals surface area contributed by atoms with Crippen LogP contribution < -0.4 is 0 Å². The van der Waals surface area contributed by atoms with Crippen molar-refractivity contribution in [2.75, 3.05) is 6.26 Å². The van der Waals surface area contributed by atoms with Crippen LogP contribution in [0.2, 0.25) is 0 Å². The second-order valence-electron chi connectivity index (χ2n) is 5.97. The first kappa shape index (κ1) is 21.9. The van der Waals surface area contributed by atoms with Gasteiger partial charge in [-0.3, -0.25) is 0 Å². The van der Waals surface area contributed by atoms with Crippen LogP contribution in [0.4, 0.5) is 22.0 Å². The number of alkyl halides is 3. The van der Waals surface area contributed by atoms with E-state index in [-0.39, 0.29) is 11.1 Å². The molecule has 154 valence electrons. The highest BCUT2D eigenvalue weighted by Gasteiger charge is 2.38. The van der Waals surface area contributed by atoms with Gasteiger partial charge in [0, 0.05) is 33.0 Å². The van der Waals surface area contributed by atoms with E-state index in [0.29, 0.717) is 32.0 Å². The van der Waals surface area contributed by atoms with E-state index in [1.54, 1.807) is 0 Å². The van der Waals surface area contributed by atoms with E-state index in [0.717, 1.165) is 6.20 Å². The fourth-order valence-corrected chi connectivity index (χ4v) is 3.92. The van der Waals surface area contributed by atoms with Gasteiger partial charge in [-0.25, -0.2) is 21.9 Å². The molecular weight excluding hydrogens is 551 g/mol. The molecule has 0 fully saturated rings. The second-order valence-corrected chi connectivity index (χ2v) is 9.66. The molecule has 0 aliphatic heterocycles. The van der Waals surface area contributed by atoms with Crippen molar-refractivity contribution < 1.29 is 30.4 Å². The van der Waals surface area contributed by atoms with Crippen molar-refractivity contribution in [1.29, 1.82) is 0 Å². The third-order valence-electron chi connectivity index (χ3n) is 3.86. The highest BCUT2D eigenvalue weighted by molar-refractivity contribution is 9.13. The molecule has 0 atom stereocenters. The molecule has 0 N–H and O–H groups in total. The van der Waals surface area contributed by atoms with Crippen molar-refractivity contribution in [1.82, 2.24) is 9.78 Å². The van der Waals surface area contributed by atoms with Gasteiger partial charge in [0.1, 0.15) is 22.2 Å². The molecule has 2 aromatic carbocycles. The van der Waals surface area contributed by atoms with Crippen molar-refractivity contribution >= 4 is 41.7 Å². The quantitative estimate of drug-likeness (QED) is 0.383. The Labute approximate surface area is 178 Å². The number of benzene rings is 2.